The van der Waals surface area contributed by atoms with Crippen LogP contribution in [-0.4, -0.2) is 32.8 Å². The molecule has 1 rings (SSSR count). The van der Waals surface area contributed by atoms with Gasteiger partial charge in [-0.15, -0.1) is 10.3 Å². The highest BCUT2D eigenvalue weighted by Crippen LogP contribution is 2.42. The summed E-state index contributed by atoms with van der Waals surface area (Å²) in [6, 6.07) is 0. The highest BCUT2D eigenvalue weighted by atomic mass is 16.5. The van der Waals surface area contributed by atoms with Crippen LogP contribution in [0.2, 0.25) is 0 Å². The molecule has 0 aromatic carbocycles. The molecular formula is C10H19N2O3. The fraction of sp³-hybridized carbons (Fsp3) is 0.900. The van der Waals surface area contributed by atoms with E-state index in [0.717, 1.165) is 5.06 Å². The molecule has 87 valence electrons. The van der Waals surface area contributed by atoms with Gasteiger partial charge in [0.2, 0.25) is 5.91 Å². The van der Waals surface area contributed by atoms with Gasteiger partial charge >= 0.3 is 0 Å². The van der Waals surface area contributed by atoms with Crippen LogP contribution >= 0.6 is 0 Å². The van der Waals surface area contributed by atoms with Gasteiger partial charge in [-0.3, -0.25) is 4.79 Å². The van der Waals surface area contributed by atoms with Gasteiger partial charge in [-0.1, -0.05) is 0 Å². The molecule has 3 N–H and O–H groups in total. The normalized spacial score (nSPS) is 28.7. The van der Waals surface area contributed by atoms with Crippen LogP contribution < -0.4 is 5.73 Å². The standard InChI is InChI=1S/C10H19N2O3/c1-8(2)5-10(14,7(11)13)6-9(3,4)12(8)15/h14H,5-6H2,1-4H3,(H2,11,13). The Kier molecular flexibility index (Phi) is 2.62. The second-order valence-electron chi connectivity index (χ2n) is 5.67. The lowest BCUT2D eigenvalue weighted by Gasteiger charge is -2.52. The van der Waals surface area contributed by atoms with E-state index in [1.165, 1.54) is 0 Å². The number of nitrogens with two attached hydrogens (primary N) is 1. The fourth-order valence-electron chi connectivity index (χ4n) is 2.63. The zero-order valence-corrected chi connectivity index (χ0v) is 9.70. The molecule has 15 heavy (non-hydrogen) atoms. The monoisotopic (exact) mass is 215 g/mol. The number of hydroxylamine groups is 2. The molecule has 0 saturated carbocycles. The first kappa shape index (κ1) is 12.4. The van der Waals surface area contributed by atoms with E-state index >= 15 is 0 Å². The van der Waals surface area contributed by atoms with E-state index in [0.29, 0.717) is 0 Å². The summed E-state index contributed by atoms with van der Waals surface area (Å²) in [7, 11) is 0. The van der Waals surface area contributed by atoms with Crippen molar-refractivity contribution >= 4 is 5.91 Å². The van der Waals surface area contributed by atoms with E-state index in [2.05, 4.69) is 0 Å². The summed E-state index contributed by atoms with van der Waals surface area (Å²) in [4.78, 5) is 11.2. The third kappa shape index (κ3) is 2.00. The van der Waals surface area contributed by atoms with Crippen molar-refractivity contribution in [2.45, 2.75) is 57.2 Å². The largest absolute Gasteiger partial charge is 0.380 e. The molecule has 0 unspecified atom stereocenters. The summed E-state index contributed by atoms with van der Waals surface area (Å²) in [5.41, 5.74) is 2.03. The van der Waals surface area contributed by atoms with Crippen LogP contribution in [0.4, 0.5) is 0 Å². The van der Waals surface area contributed by atoms with Crippen molar-refractivity contribution in [2.24, 2.45) is 5.73 Å². The maximum atomic E-state index is 11.9. The van der Waals surface area contributed by atoms with Gasteiger partial charge in [-0.05, 0) is 27.7 Å². The predicted molar refractivity (Wildman–Crippen MR) is 54.1 cm³/mol. The number of amides is 1. The Morgan fingerprint density at radius 1 is 1.20 bits per heavy atom. The van der Waals surface area contributed by atoms with E-state index in [4.69, 9.17) is 5.73 Å². The number of hydrogen-bond donors (Lipinski definition) is 2. The average Bonchev–Trinajstić information content (AvgIpc) is 1.98. The first-order valence-electron chi connectivity index (χ1n) is 5.01. The molecule has 1 fully saturated rings. The Morgan fingerprint density at radius 3 is 1.80 bits per heavy atom. The number of carbonyl (C=O) groups excluding carboxylic acids is 1. The number of piperidine rings is 1. The third-order valence-electron chi connectivity index (χ3n) is 3.01. The van der Waals surface area contributed by atoms with Crippen molar-refractivity contribution in [2.75, 3.05) is 0 Å². The SMILES string of the molecule is CC1(C)CC(O)(C(N)=O)CC(C)(C)N1[O]. The number of primary amides is 1. The van der Waals surface area contributed by atoms with Gasteiger partial charge in [0.1, 0.15) is 5.60 Å². The van der Waals surface area contributed by atoms with Gasteiger partial charge in [-0.2, -0.15) is 0 Å². The molecule has 0 spiro atoms. The molecule has 1 heterocycles. The molecule has 1 amide bonds. The quantitative estimate of drug-likeness (QED) is 0.655. The molecule has 1 aliphatic heterocycles. The molecule has 1 saturated heterocycles. The van der Waals surface area contributed by atoms with Crippen molar-refractivity contribution in [3.8, 4) is 0 Å². The first-order valence-corrected chi connectivity index (χ1v) is 5.01. The van der Waals surface area contributed by atoms with Crippen LogP contribution in [0.1, 0.15) is 40.5 Å². The Bertz CT molecular complexity index is 268. The summed E-state index contributed by atoms with van der Waals surface area (Å²) >= 11 is 0. The first-order chi connectivity index (χ1) is 6.51. The Hall–Kier alpha value is -0.650. The zero-order valence-electron chi connectivity index (χ0n) is 9.70. The smallest absolute Gasteiger partial charge is 0.249 e. The van der Waals surface area contributed by atoms with Gasteiger partial charge in [0, 0.05) is 23.9 Å². The molecule has 0 aromatic rings. The van der Waals surface area contributed by atoms with Gasteiger partial charge < -0.3 is 10.8 Å². The fourth-order valence-corrected chi connectivity index (χ4v) is 2.63. The maximum Gasteiger partial charge on any atom is 0.249 e. The van der Waals surface area contributed by atoms with E-state index in [1.54, 1.807) is 27.7 Å². The Morgan fingerprint density at radius 2 is 1.53 bits per heavy atom. The van der Waals surface area contributed by atoms with Gasteiger partial charge in [0.05, 0.1) is 0 Å². The van der Waals surface area contributed by atoms with Crippen molar-refractivity contribution in [1.29, 1.82) is 0 Å². The van der Waals surface area contributed by atoms with Crippen LogP contribution in [0.25, 0.3) is 0 Å². The summed E-state index contributed by atoms with van der Waals surface area (Å²) in [5.74, 6) is -0.753. The molecular weight excluding hydrogens is 196 g/mol. The number of aliphatic hydroxyl groups is 1. The predicted octanol–water partition coefficient (Wildman–Crippen LogP) is 0.201. The lowest BCUT2D eigenvalue weighted by atomic mass is 9.72. The summed E-state index contributed by atoms with van der Waals surface area (Å²) in [6.45, 7) is 6.81. The van der Waals surface area contributed by atoms with E-state index < -0.39 is 22.6 Å². The zero-order chi connectivity index (χ0) is 12.1. The lowest BCUT2D eigenvalue weighted by Crippen LogP contribution is -2.66. The van der Waals surface area contributed by atoms with Crippen LogP contribution in [0.15, 0.2) is 0 Å². The van der Waals surface area contributed by atoms with Gasteiger partial charge in [-0.25, -0.2) is 0 Å². The van der Waals surface area contributed by atoms with Crippen molar-refractivity contribution in [3.63, 3.8) is 0 Å². The summed E-state index contributed by atoms with van der Waals surface area (Å²) in [5, 5.41) is 23.0. The minimum absolute atomic E-state index is 0.0717. The van der Waals surface area contributed by atoms with Gasteiger partial charge in [0.25, 0.3) is 0 Å². The average molecular weight is 215 g/mol. The minimum Gasteiger partial charge on any atom is -0.380 e. The molecule has 0 aromatic heterocycles. The summed E-state index contributed by atoms with van der Waals surface area (Å²) in [6.07, 6.45) is 0.143. The Balaban J connectivity index is 3.09. The van der Waals surface area contributed by atoms with Crippen LogP contribution in [0.5, 0.6) is 0 Å². The number of carbonyl (C=O) groups is 1. The molecule has 5 heteroatoms. The van der Waals surface area contributed by atoms with E-state index in [1.807, 2.05) is 0 Å². The maximum absolute atomic E-state index is 11.9. The third-order valence-corrected chi connectivity index (χ3v) is 3.01. The topological polar surface area (TPSA) is 86.5 Å². The number of rotatable bonds is 1. The number of hydrogen-bond acceptors (Lipinski definition) is 3. The molecule has 1 aliphatic rings. The molecule has 0 atom stereocenters. The highest BCUT2D eigenvalue weighted by molar-refractivity contribution is 5.83. The molecule has 0 bridgehead atoms. The summed E-state index contributed by atoms with van der Waals surface area (Å²) < 4.78 is 0. The lowest BCUT2D eigenvalue weighted by molar-refractivity contribution is -0.307. The van der Waals surface area contributed by atoms with E-state index in [-0.39, 0.29) is 12.8 Å². The second-order valence-corrected chi connectivity index (χ2v) is 5.67. The van der Waals surface area contributed by atoms with E-state index in [9.17, 15) is 15.1 Å². The minimum atomic E-state index is -1.58. The molecule has 0 aliphatic carbocycles. The van der Waals surface area contributed by atoms with Crippen molar-refractivity contribution in [3.05, 3.63) is 0 Å². The molecule has 5 nitrogen and oxygen atoms in total. The van der Waals surface area contributed by atoms with Gasteiger partial charge in [0.15, 0.2) is 0 Å². The second kappa shape index (κ2) is 3.17. The van der Waals surface area contributed by atoms with Crippen LogP contribution in [0, 0.1) is 0 Å². The molecule has 1 radical (unpaired) electrons. The number of nitrogens with zero attached hydrogens (tertiary/aromatic N) is 1. The van der Waals surface area contributed by atoms with Crippen LogP contribution in [0.3, 0.4) is 0 Å². The van der Waals surface area contributed by atoms with Crippen LogP contribution in [-0.2, 0) is 10.0 Å². The van der Waals surface area contributed by atoms with Crippen molar-refractivity contribution < 1.29 is 15.1 Å². The van der Waals surface area contributed by atoms with Crippen molar-refractivity contribution in [1.82, 2.24) is 5.06 Å². The Labute approximate surface area is 89.8 Å². The highest BCUT2D eigenvalue weighted by Gasteiger charge is 2.55.